The summed E-state index contributed by atoms with van der Waals surface area (Å²) < 4.78 is 27.2. The molecule has 0 heterocycles. The highest BCUT2D eigenvalue weighted by atomic mass is 32.2. The Morgan fingerprint density at radius 2 is 1.58 bits per heavy atom. The first kappa shape index (κ1) is 18.5. The van der Waals surface area contributed by atoms with Gasteiger partial charge in [-0.2, -0.15) is 0 Å². The molecule has 0 unspecified atom stereocenters. The van der Waals surface area contributed by atoms with Crippen LogP contribution in [0.25, 0.3) is 0 Å². The fraction of sp³-hybridized carbons (Fsp3) is 0.350. The van der Waals surface area contributed by atoms with E-state index in [-0.39, 0.29) is 10.8 Å². The van der Waals surface area contributed by atoms with E-state index in [4.69, 9.17) is 0 Å². The summed E-state index contributed by atoms with van der Waals surface area (Å²) in [4.78, 5) is 14.7. The highest BCUT2D eigenvalue weighted by molar-refractivity contribution is 7.92. The molecule has 1 fully saturated rings. The Morgan fingerprint density at radius 3 is 2.19 bits per heavy atom. The molecule has 0 aromatic heterocycles. The second-order valence-electron chi connectivity index (χ2n) is 6.70. The highest BCUT2D eigenvalue weighted by Gasteiger charge is 2.23. The van der Waals surface area contributed by atoms with E-state index in [9.17, 15) is 13.2 Å². The Morgan fingerprint density at radius 1 is 0.962 bits per heavy atom. The summed E-state index contributed by atoms with van der Waals surface area (Å²) in [6.45, 7) is 0. The quantitative estimate of drug-likeness (QED) is 0.866. The van der Waals surface area contributed by atoms with Crippen LogP contribution in [0.5, 0.6) is 0 Å². The van der Waals surface area contributed by atoms with Crippen LogP contribution in [0.2, 0.25) is 0 Å². The fourth-order valence-electron chi connectivity index (χ4n) is 3.33. The number of benzene rings is 2. The van der Waals surface area contributed by atoms with E-state index in [1.165, 1.54) is 19.3 Å². The molecule has 2 aromatic rings. The highest BCUT2D eigenvalue weighted by Crippen LogP contribution is 2.23. The van der Waals surface area contributed by atoms with E-state index >= 15 is 0 Å². The zero-order valence-corrected chi connectivity index (χ0v) is 15.7. The van der Waals surface area contributed by atoms with Crippen molar-refractivity contribution in [3.05, 3.63) is 60.2 Å². The van der Waals surface area contributed by atoms with Gasteiger partial charge in [0.05, 0.1) is 4.90 Å². The third kappa shape index (κ3) is 4.25. The average molecular weight is 372 g/mol. The minimum absolute atomic E-state index is 0.0191. The number of hydrogen-bond donors (Lipinski definition) is 1. The predicted molar refractivity (Wildman–Crippen MR) is 103 cm³/mol. The number of rotatable bonds is 5. The van der Waals surface area contributed by atoms with Crippen LogP contribution in [0.1, 0.15) is 42.5 Å². The summed E-state index contributed by atoms with van der Waals surface area (Å²) in [7, 11) is -1.77. The summed E-state index contributed by atoms with van der Waals surface area (Å²) in [5.41, 5.74) is 1.01. The Bertz CT molecular complexity index is 842. The predicted octanol–water partition coefficient (Wildman–Crippen LogP) is 3.89. The summed E-state index contributed by atoms with van der Waals surface area (Å²) in [5, 5.41) is 0. The minimum Gasteiger partial charge on any atom is -0.339 e. The standard InChI is InChI=1S/C20H24N2O3S/c1-22(18-8-4-2-5-9-18)20(23)16-12-14-17(15-13-16)21-26(24,25)19-10-6-3-7-11-19/h3,6-7,10-15,18,21H,2,4-5,8-9H2,1H3. The lowest BCUT2D eigenvalue weighted by Crippen LogP contribution is -2.38. The van der Waals surface area contributed by atoms with E-state index in [0.29, 0.717) is 17.3 Å². The van der Waals surface area contributed by atoms with Gasteiger partial charge in [-0.05, 0) is 49.2 Å². The third-order valence-corrected chi connectivity index (χ3v) is 6.28. The number of hydrogen-bond acceptors (Lipinski definition) is 3. The van der Waals surface area contributed by atoms with Crippen LogP contribution in [0.3, 0.4) is 0 Å². The van der Waals surface area contributed by atoms with E-state index in [1.807, 2.05) is 11.9 Å². The molecule has 1 amide bonds. The van der Waals surface area contributed by atoms with Crippen molar-refractivity contribution in [2.75, 3.05) is 11.8 Å². The van der Waals surface area contributed by atoms with Crippen molar-refractivity contribution >= 4 is 21.6 Å². The maximum absolute atomic E-state index is 12.6. The molecule has 0 aliphatic heterocycles. The van der Waals surface area contributed by atoms with Crippen LogP contribution in [-0.4, -0.2) is 32.3 Å². The summed E-state index contributed by atoms with van der Waals surface area (Å²) >= 11 is 0. The van der Waals surface area contributed by atoms with Crippen molar-refractivity contribution in [2.24, 2.45) is 0 Å². The zero-order chi connectivity index (χ0) is 18.6. The van der Waals surface area contributed by atoms with Crippen LogP contribution in [0.4, 0.5) is 5.69 Å². The first-order chi connectivity index (χ1) is 12.5. The Balaban J connectivity index is 1.69. The van der Waals surface area contributed by atoms with Gasteiger partial charge in [-0.3, -0.25) is 9.52 Å². The average Bonchev–Trinajstić information content (AvgIpc) is 2.68. The largest absolute Gasteiger partial charge is 0.339 e. The van der Waals surface area contributed by atoms with Gasteiger partial charge in [0.25, 0.3) is 15.9 Å². The van der Waals surface area contributed by atoms with Gasteiger partial charge in [-0.15, -0.1) is 0 Å². The van der Waals surface area contributed by atoms with Gasteiger partial charge >= 0.3 is 0 Å². The number of carbonyl (C=O) groups excluding carboxylic acids is 1. The topological polar surface area (TPSA) is 66.5 Å². The number of carbonyl (C=O) groups is 1. The van der Waals surface area contributed by atoms with Crippen molar-refractivity contribution in [1.29, 1.82) is 0 Å². The molecular formula is C20H24N2O3S. The first-order valence-corrected chi connectivity index (χ1v) is 10.4. The molecule has 1 saturated carbocycles. The maximum atomic E-state index is 12.6. The van der Waals surface area contributed by atoms with Crippen LogP contribution in [-0.2, 0) is 10.0 Å². The van der Waals surface area contributed by atoms with E-state index in [0.717, 1.165) is 12.8 Å². The van der Waals surface area contributed by atoms with Crippen molar-refractivity contribution in [3.8, 4) is 0 Å². The molecule has 1 N–H and O–H groups in total. The van der Waals surface area contributed by atoms with Gasteiger partial charge < -0.3 is 4.90 Å². The Kier molecular flexibility index (Phi) is 5.61. The normalized spacial score (nSPS) is 15.4. The molecule has 0 radical (unpaired) electrons. The van der Waals surface area contributed by atoms with Crippen LogP contribution in [0.15, 0.2) is 59.5 Å². The van der Waals surface area contributed by atoms with Gasteiger partial charge in [-0.1, -0.05) is 37.5 Å². The summed E-state index contributed by atoms with van der Waals surface area (Å²) in [6.07, 6.45) is 5.69. The number of nitrogens with zero attached hydrogens (tertiary/aromatic N) is 1. The fourth-order valence-corrected chi connectivity index (χ4v) is 4.41. The molecule has 3 rings (SSSR count). The second kappa shape index (κ2) is 7.91. The van der Waals surface area contributed by atoms with Crippen molar-refractivity contribution < 1.29 is 13.2 Å². The monoisotopic (exact) mass is 372 g/mol. The Hall–Kier alpha value is -2.34. The molecule has 5 nitrogen and oxygen atoms in total. The van der Waals surface area contributed by atoms with E-state index < -0.39 is 10.0 Å². The van der Waals surface area contributed by atoms with Crippen LogP contribution < -0.4 is 4.72 Å². The van der Waals surface area contributed by atoms with Crippen LogP contribution in [0, 0.1) is 0 Å². The smallest absolute Gasteiger partial charge is 0.261 e. The molecule has 0 atom stereocenters. The second-order valence-corrected chi connectivity index (χ2v) is 8.39. The third-order valence-electron chi connectivity index (χ3n) is 4.88. The number of nitrogens with one attached hydrogen (secondary N) is 1. The lowest BCUT2D eigenvalue weighted by molar-refractivity contribution is 0.0696. The number of anilines is 1. The van der Waals surface area contributed by atoms with Crippen molar-refractivity contribution in [1.82, 2.24) is 4.90 Å². The van der Waals surface area contributed by atoms with Crippen molar-refractivity contribution in [2.45, 2.75) is 43.0 Å². The zero-order valence-electron chi connectivity index (χ0n) is 14.9. The molecule has 138 valence electrons. The van der Waals surface area contributed by atoms with Crippen LogP contribution >= 0.6 is 0 Å². The summed E-state index contributed by atoms with van der Waals surface area (Å²) in [6, 6.07) is 15.1. The molecule has 0 spiro atoms. The van der Waals surface area contributed by atoms with Gasteiger partial charge in [0.15, 0.2) is 0 Å². The molecule has 2 aromatic carbocycles. The summed E-state index contributed by atoms with van der Waals surface area (Å²) in [5.74, 6) is -0.0191. The van der Waals surface area contributed by atoms with Crippen molar-refractivity contribution in [3.63, 3.8) is 0 Å². The number of sulfonamides is 1. The molecule has 6 heteroatoms. The molecule has 1 aliphatic rings. The van der Waals surface area contributed by atoms with Gasteiger partial charge in [-0.25, -0.2) is 8.42 Å². The molecule has 0 saturated heterocycles. The minimum atomic E-state index is -3.63. The molecule has 1 aliphatic carbocycles. The molecular weight excluding hydrogens is 348 g/mol. The molecule has 0 bridgehead atoms. The van der Waals surface area contributed by atoms with E-state index in [1.54, 1.807) is 54.6 Å². The van der Waals surface area contributed by atoms with Gasteiger partial charge in [0, 0.05) is 24.3 Å². The number of amides is 1. The molecule has 26 heavy (non-hydrogen) atoms. The lowest BCUT2D eigenvalue weighted by Gasteiger charge is -2.31. The van der Waals surface area contributed by atoms with Gasteiger partial charge in [0.1, 0.15) is 0 Å². The van der Waals surface area contributed by atoms with E-state index in [2.05, 4.69) is 4.72 Å². The van der Waals surface area contributed by atoms with Gasteiger partial charge in [0.2, 0.25) is 0 Å². The lowest BCUT2D eigenvalue weighted by atomic mass is 9.94. The SMILES string of the molecule is CN(C(=O)c1ccc(NS(=O)(=O)c2ccccc2)cc1)C1CCCCC1. The first-order valence-electron chi connectivity index (χ1n) is 8.92. The Labute approximate surface area is 155 Å². The maximum Gasteiger partial charge on any atom is 0.261 e.